The zero-order valence-corrected chi connectivity index (χ0v) is 16.4. The molecule has 0 atom stereocenters. The van der Waals surface area contributed by atoms with E-state index in [1.165, 1.54) is 24.3 Å². The Morgan fingerprint density at radius 3 is 1.76 bits per heavy atom. The lowest BCUT2D eigenvalue weighted by Gasteiger charge is -2.13. The lowest BCUT2D eigenvalue weighted by molar-refractivity contribution is 0.215. The number of carbonyl (C=O) groups is 1. The SMILES string of the molecule is NS(=O)(=O)c1ccc(NC(=O)Oc2c(Cl)c(Cl)c(Cl)c(Cl)c2Cl)cc1. The van der Waals surface area contributed by atoms with Crippen molar-refractivity contribution in [2.24, 2.45) is 5.14 Å². The number of primary sulfonamides is 1. The number of hydrogen-bond donors (Lipinski definition) is 2. The minimum atomic E-state index is -3.84. The third kappa shape index (κ3) is 4.62. The molecule has 0 saturated heterocycles. The van der Waals surface area contributed by atoms with Gasteiger partial charge >= 0.3 is 6.09 Å². The molecular weight excluding hydrogens is 457 g/mol. The Morgan fingerprint density at radius 1 is 0.880 bits per heavy atom. The van der Waals surface area contributed by atoms with Crippen molar-refractivity contribution in [3.8, 4) is 5.75 Å². The molecule has 0 aromatic heterocycles. The monoisotopic (exact) mass is 462 g/mol. The lowest BCUT2D eigenvalue weighted by atomic mass is 10.3. The smallest absolute Gasteiger partial charge is 0.407 e. The largest absolute Gasteiger partial charge is 0.417 e. The fourth-order valence-electron chi connectivity index (χ4n) is 1.64. The van der Waals surface area contributed by atoms with Crippen LogP contribution in [0.4, 0.5) is 10.5 Å². The number of carbonyl (C=O) groups excluding carboxylic acids is 1. The Kier molecular flexibility index (Phi) is 6.32. The minimum absolute atomic E-state index is 0.0790. The first-order chi connectivity index (χ1) is 11.5. The van der Waals surface area contributed by atoms with Crippen molar-refractivity contribution in [2.75, 3.05) is 5.32 Å². The van der Waals surface area contributed by atoms with Gasteiger partial charge in [-0.2, -0.15) is 0 Å². The van der Waals surface area contributed by atoms with Gasteiger partial charge in [0.25, 0.3) is 0 Å². The summed E-state index contributed by atoms with van der Waals surface area (Å²) >= 11 is 29.5. The molecule has 0 unspecified atom stereocenters. The van der Waals surface area contributed by atoms with E-state index in [1.807, 2.05) is 0 Å². The van der Waals surface area contributed by atoms with E-state index in [2.05, 4.69) is 5.32 Å². The van der Waals surface area contributed by atoms with Crippen LogP contribution in [-0.2, 0) is 10.0 Å². The summed E-state index contributed by atoms with van der Waals surface area (Å²) in [5.41, 5.74) is 0.232. The second-order valence-electron chi connectivity index (χ2n) is 4.48. The topological polar surface area (TPSA) is 98.5 Å². The second kappa shape index (κ2) is 7.75. The number of anilines is 1. The minimum Gasteiger partial charge on any atom is -0.407 e. The zero-order chi connectivity index (χ0) is 18.9. The van der Waals surface area contributed by atoms with Gasteiger partial charge in [-0.25, -0.2) is 18.4 Å². The predicted molar refractivity (Wildman–Crippen MR) is 99.0 cm³/mol. The van der Waals surface area contributed by atoms with E-state index in [1.54, 1.807) is 0 Å². The summed E-state index contributed by atoms with van der Waals surface area (Å²) in [4.78, 5) is 11.8. The van der Waals surface area contributed by atoms with Crippen molar-refractivity contribution < 1.29 is 17.9 Å². The third-order valence-corrected chi connectivity index (χ3v) is 5.96. The number of sulfonamides is 1. The van der Waals surface area contributed by atoms with Crippen molar-refractivity contribution in [3.05, 3.63) is 49.4 Å². The van der Waals surface area contributed by atoms with Crippen LogP contribution in [0.2, 0.25) is 25.1 Å². The number of nitrogens with one attached hydrogen (secondary N) is 1. The number of halogens is 5. The maximum absolute atomic E-state index is 12.0. The third-order valence-electron chi connectivity index (χ3n) is 2.79. The molecule has 2 rings (SSSR count). The lowest BCUT2D eigenvalue weighted by Crippen LogP contribution is -2.17. The molecule has 0 bridgehead atoms. The fraction of sp³-hybridized carbons (Fsp3) is 0. The number of amides is 1. The van der Waals surface area contributed by atoms with Crippen LogP contribution in [0.5, 0.6) is 5.75 Å². The van der Waals surface area contributed by atoms with E-state index >= 15 is 0 Å². The molecule has 6 nitrogen and oxygen atoms in total. The normalized spacial score (nSPS) is 11.3. The average Bonchev–Trinajstić information content (AvgIpc) is 2.55. The van der Waals surface area contributed by atoms with Gasteiger partial charge in [0.1, 0.15) is 10.0 Å². The van der Waals surface area contributed by atoms with Crippen molar-refractivity contribution in [3.63, 3.8) is 0 Å². The molecule has 0 aliphatic carbocycles. The van der Waals surface area contributed by atoms with E-state index in [-0.39, 0.29) is 41.4 Å². The highest BCUT2D eigenvalue weighted by molar-refractivity contribution is 7.89. The first-order valence-electron chi connectivity index (χ1n) is 6.15. The molecule has 0 spiro atoms. The van der Waals surface area contributed by atoms with Crippen LogP contribution in [0.3, 0.4) is 0 Å². The molecule has 0 fully saturated rings. The maximum atomic E-state index is 12.0. The number of benzene rings is 2. The molecule has 0 heterocycles. The summed E-state index contributed by atoms with van der Waals surface area (Å²) in [6.45, 7) is 0. The van der Waals surface area contributed by atoms with E-state index < -0.39 is 16.1 Å². The Hall–Kier alpha value is -0.930. The standard InChI is InChI=1S/C13H7Cl5N2O4S/c14-7-8(15)10(17)12(11(18)9(7)16)24-13(21)20-5-1-3-6(4-2-5)25(19,22)23/h1-4H,(H,20,21)(H2,19,22,23). The van der Waals surface area contributed by atoms with Gasteiger partial charge in [0.2, 0.25) is 10.0 Å². The van der Waals surface area contributed by atoms with Crippen LogP contribution in [0, 0.1) is 0 Å². The Labute approximate surface area is 167 Å². The summed E-state index contributed by atoms with van der Waals surface area (Å²) in [6.07, 6.45) is -0.971. The van der Waals surface area contributed by atoms with Crippen LogP contribution < -0.4 is 15.2 Å². The van der Waals surface area contributed by atoms with Crippen LogP contribution in [0.25, 0.3) is 0 Å². The van der Waals surface area contributed by atoms with E-state index in [4.69, 9.17) is 67.9 Å². The molecular formula is C13H7Cl5N2O4S. The number of nitrogens with two attached hydrogens (primary N) is 1. The van der Waals surface area contributed by atoms with Crippen molar-refractivity contribution in [2.45, 2.75) is 4.90 Å². The second-order valence-corrected chi connectivity index (χ2v) is 7.93. The average molecular weight is 465 g/mol. The molecule has 0 aliphatic rings. The quantitative estimate of drug-likeness (QED) is 0.481. The highest BCUT2D eigenvalue weighted by Crippen LogP contribution is 2.48. The van der Waals surface area contributed by atoms with Gasteiger partial charge in [-0.1, -0.05) is 58.0 Å². The van der Waals surface area contributed by atoms with Crippen LogP contribution >= 0.6 is 58.0 Å². The van der Waals surface area contributed by atoms with Crippen molar-refractivity contribution >= 4 is 79.8 Å². The fourth-order valence-corrected chi connectivity index (χ4v) is 3.35. The van der Waals surface area contributed by atoms with Gasteiger partial charge in [0, 0.05) is 5.69 Å². The predicted octanol–water partition coefficient (Wildman–Crippen LogP) is 5.21. The summed E-state index contributed by atoms with van der Waals surface area (Å²) in [5.74, 6) is -0.276. The van der Waals surface area contributed by atoms with Crippen LogP contribution in [-0.4, -0.2) is 14.5 Å². The van der Waals surface area contributed by atoms with E-state index in [0.717, 1.165) is 0 Å². The highest BCUT2D eigenvalue weighted by atomic mass is 35.5. The molecule has 2 aromatic rings. The highest BCUT2D eigenvalue weighted by Gasteiger charge is 2.22. The summed E-state index contributed by atoms with van der Waals surface area (Å²) in [5, 5.41) is 6.60. The van der Waals surface area contributed by atoms with Gasteiger partial charge in [-0.15, -0.1) is 0 Å². The summed E-state index contributed by atoms with van der Waals surface area (Å²) < 4.78 is 27.4. The molecule has 0 aliphatic heterocycles. The molecule has 2 aromatic carbocycles. The van der Waals surface area contributed by atoms with Gasteiger partial charge < -0.3 is 4.74 Å². The molecule has 0 radical (unpaired) electrons. The van der Waals surface area contributed by atoms with Gasteiger partial charge in [0.15, 0.2) is 5.75 Å². The number of hydrogen-bond acceptors (Lipinski definition) is 4. The van der Waals surface area contributed by atoms with Crippen molar-refractivity contribution in [1.29, 1.82) is 0 Å². The molecule has 0 saturated carbocycles. The van der Waals surface area contributed by atoms with Crippen LogP contribution in [0.15, 0.2) is 29.2 Å². The zero-order valence-electron chi connectivity index (χ0n) is 11.8. The maximum Gasteiger partial charge on any atom is 0.417 e. The molecule has 134 valence electrons. The Balaban J connectivity index is 2.22. The molecule has 3 N–H and O–H groups in total. The van der Waals surface area contributed by atoms with E-state index in [0.29, 0.717) is 0 Å². The Morgan fingerprint density at radius 2 is 1.32 bits per heavy atom. The first-order valence-corrected chi connectivity index (χ1v) is 9.59. The van der Waals surface area contributed by atoms with Crippen LogP contribution in [0.1, 0.15) is 0 Å². The van der Waals surface area contributed by atoms with E-state index in [9.17, 15) is 13.2 Å². The first kappa shape index (κ1) is 20.4. The van der Waals surface area contributed by atoms with Gasteiger partial charge in [0.05, 0.1) is 20.0 Å². The van der Waals surface area contributed by atoms with Gasteiger partial charge in [-0.05, 0) is 24.3 Å². The Bertz CT molecular complexity index is 919. The number of ether oxygens (including phenoxy) is 1. The molecule has 12 heteroatoms. The molecule has 25 heavy (non-hydrogen) atoms. The van der Waals surface area contributed by atoms with Gasteiger partial charge in [-0.3, -0.25) is 5.32 Å². The van der Waals surface area contributed by atoms with Crippen molar-refractivity contribution in [1.82, 2.24) is 0 Å². The number of rotatable bonds is 3. The summed E-state index contributed by atoms with van der Waals surface area (Å²) in [7, 11) is -3.84. The molecule has 1 amide bonds. The summed E-state index contributed by atoms with van der Waals surface area (Å²) in [6, 6.07) is 5.04.